The van der Waals surface area contributed by atoms with Crippen LogP contribution in [0.1, 0.15) is 58.8 Å². The lowest BCUT2D eigenvalue weighted by Crippen LogP contribution is -2.38. The highest BCUT2D eigenvalue weighted by Crippen LogP contribution is 2.44. The van der Waals surface area contributed by atoms with Crippen molar-refractivity contribution in [2.75, 3.05) is 20.2 Å². The average Bonchev–Trinajstić information content (AvgIpc) is 3.31. The topological polar surface area (TPSA) is 79.3 Å². The molecule has 0 spiro atoms. The molecule has 2 N–H and O–H groups in total. The summed E-state index contributed by atoms with van der Waals surface area (Å²) in [6.07, 6.45) is 9.45. The van der Waals surface area contributed by atoms with Crippen LogP contribution in [0.4, 0.5) is 0 Å². The van der Waals surface area contributed by atoms with Gasteiger partial charge in [-0.2, -0.15) is 5.26 Å². The molecule has 23 heavy (non-hydrogen) atoms. The van der Waals surface area contributed by atoms with Crippen LogP contribution in [0.3, 0.4) is 0 Å². The molecule has 5 heteroatoms. The number of hydrogen-bond donors (Lipinski definition) is 1. The Labute approximate surface area is 141 Å². The number of carbonyl (C=O) groups excluding carboxylic acids is 1. The number of likely N-dealkylation sites (tertiary alicyclic amines) is 1. The van der Waals surface area contributed by atoms with E-state index in [1.165, 1.54) is 32.1 Å². The van der Waals surface area contributed by atoms with E-state index in [0.29, 0.717) is 12.6 Å². The van der Waals surface area contributed by atoms with Gasteiger partial charge in [0.1, 0.15) is 6.04 Å². The fourth-order valence-corrected chi connectivity index (χ4v) is 4.01. The molecule has 1 heterocycles. The first-order valence-corrected chi connectivity index (χ1v) is 9.11. The lowest BCUT2D eigenvalue weighted by atomic mass is 10.0. The van der Waals surface area contributed by atoms with E-state index in [0.717, 1.165) is 24.7 Å². The Morgan fingerprint density at radius 1 is 1.22 bits per heavy atom. The minimum atomic E-state index is -0.231. The second-order valence-electron chi connectivity index (χ2n) is 6.36. The number of methoxy groups -OCH3 is 1. The standard InChI is InChI=1S/C9H16O.C7H11N3O.C2H6/c1-10-9-5-7-3-2-4-8(7)6-9;8-4-6-2-1-3-10(6)7(11)5-9;1-2/h7-9H,2-6H2,1H3;6H,1-3,5,9H2;1-2H3/t7-,8+,9?;;. The number of hydrogen-bond acceptors (Lipinski definition) is 4. The van der Waals surface area contributed by atoms with Gasteiger partial charge in [0.15, 0.2) is 0 Å². The van der Waals surface area contributed by atoms with Crippen molar-refractivity contribution in [2.45, 2.75) is 70.9 Å². The number of nitriles is 1. The molecule has 1 aliphatic heterocycles. The smallest absolute Gasteiger partial charge is 0.237 e. The summed E-state index contributed by atoms with van der Waals surface area (Å²) in [6, 6.07) is 1.85. The predicted molar refractivity (Wildman–Crippen MR) is 91.6 cm³/mol. The first-order chi connectivity index (χ1) is 11.2. The molecule has 3 rings (SSSR count). The van der Waals surface area contributed by atoms with Crippen LogP contribution < -0.4 is 5.73 Å². The third kappa shape index (κ3) is 5.47. The van der Waals surface area contributed by atoms with Gasteiger partial charge in [0.05, 0.1) is 18.7 Å². The maximum atomic E-state index is 11.0. The molecular formula is C18H33N3O2. The average molecular weight is 323 g/mol. The lowest BCUT2D eigenvalue weighted by Gasteiger charge is -2.17. The third-order valence-corrected chi connectivity index (χ3v) is 5.18. The summed E-state index contributed by atoms with van der Waals surface area (Å²) in [7, 11) is 1.85. The van der Waals surface area contributed by atoms with Crippen LogP contribution in [-0.4, -0.2) is 43.2 Å². The minimum Gasteiger partial charge on any atom is -0.381 e. The number of carbonyl (C=O) groups is 1. The van der Waals surface area contributed by atoms with Crippen molar-refractivity contribution >= 4 is 5.91 Å². The van der Waals surface area contributed by atoms with Gasteiger partial charge in [-0.1, -0.05) is 33.1 Å². The number of rotatable bonds is 2. The molecule has 132 valence electrons. The van der Waals surface area contributed by atoms with Crippen molar-refractivity contribution in [3.8, 4) is 6.07 Å². The normalized spacial score (nSPS) is 31.3. The van der Waals surface area contributed by atoms with Crippen molar-refractivity contribution in [3.05, 3.63) is 0 Å². The first kappa shape index (κ1) is 19.9. The van der Waals surface area contributed by atoms with Gasteiger partial charge in [-0.05, 0) is 37.5 Å². The van der Waals surface area contributed by atoms with Crippen LogP contribution in [0.25, 0.3) is 0 Å². The van der Waals surface area contributed by atoms with Gasteiger partial charge in [0.2, 0.25) is 5.91 Å². The Bertz CT molecular complexity index is 382. The fraction of sp³-hybridized carbons (Fsp3) is 0.889. The molecular weight excluding hydrogens is 290 g/mol. The molecule has 0 aromatic carbocycles. The number of nitrogens with zero attached hydrogens (tertiary/aromatic N) is 2. The molecule has 3 aliphatic rings. The van der Waals surface area contributed by atoms with E-state index in [2.05, 4.69) is 6.07 Å². The summed E-state index contributed by atoms with van der Waals surface area (Å²) in [4.78, 5) is 12.6. The summed E-state index contributed by atoms with van der Waals surface area (Å²) < 4.78 is 5.35. The molecule has 0 aromatic rings. The maximum Gasteiger partial charge on any atom is 0.237 e. The molecule has 4 atom stereocenters. The fourth-order valence-electron chi connectivity index (χ4n) is 4.01. The van der Waals surface area contributed by atoms with E-state index in [-0.39, 0.29) is 18.5 Å². The van der Waals surface area contributed by atoms with E-state index in [4.69, 9.17) is 15.7 Å². The van der Waals surface area contributed by atoms with Crippen molar-refractivity contribution in [1.29, 1.82) is 5.26 Å². The Hall–Kier alpha value is -1.12. The van der Waals surface area contributed by atoms with Crippen LogP contribution >= 0.6 is 0 Å². The van der Waals surface area contributed by atoms with Crippen LogP contribution in [-0.2, 0) is 9.53 Å². The lowest BCUT2D eigenvalue weighted by molar-refractivity contribution is -0.129. The Balaban J connectivity index is 0.000000208. The molecule has 0 radical (unpaired) electrons. The van der Waals surface area contributed by atoms with Crippen LogP contribution in [0, 0.1) is 23.2 Å². The van der Waals surface area contributed by atoms with Gasteiger partial charge in [-0.15, -0.1) is 0 Å². The molecule has 1 amide bonds. The number of ether oxygens (including phenoxy) is 1. The van der Waals surface area contributed by atoms with Crippen molar-refractivity contribution in [1.82, 2.24) is 4.90 Å². The largest absolute Gasteiger partial charge is 0.381 e. The molecule has 2 aliphatic carbocycles. The number of amides is 1. The maximum absolute atomic E-state index is 11.0. The highest BCUT2D eigenvalue weighted by atomic mass is 16.5. The summed E-state index contributed by atoms with van der Waals surface area (Å²) in [5, 5.41) is 8.60. The minimum absolute atomic E-state index is 0.0121. The van der Waals surface area contributed by atoms with E-state index >= 15 is 0 Å². The van der Waals surface area contributed by atoms with Gasteiger partial charge in [0, 0.05) is 13.7 Å². The molecule has 5 nitrogen and oxygen atoms in total. The second-order valence-corrected chi connectivity index (χ2v) is 6.36. The highest BCUT2D eigenvalue weighted by Gasteiger charge is 2.37. The zero-order valence-corrected chi connectivity index (χ0v) is 15.0. The SMILES string of the molecule is CC.COC1C[C@H]2CCC[C@H]2C1.N#CC1CCCN1C(=O)CN. The predicted octanol–water partition coefficient (Wildman–Crippen LogP) is 2.70. The number of fused-ring (bicyclic) bond motifs is 1. The Kier molecular flexibility index (Phi) is 9.20. The summed E-state index contributed by atoms with van der Waals surface area (Å²) >= 11 is 0. The Morgan fingerprint density at radius 3 is 2.30 bits per heavy atom. The van der Waals surface area contributed by atoms with Crippen molar-refractivity contribution in [2.24, 2.45) is 17.6 Å². The second kappa shape index (κ2) is 10.6. The third-order valence-electron chi connectivity index (χ3n) is 5.18. The van der Waals surface area contributed by atoms with Crippen molar-refractivity contribution in [3.63, 3.8) is 0 Å². The van der Waals surface area contributed by atoms with E-state index in [1.54, 1.807) is 4.90 Å². The van der Waals surface area contributed by atoms with E-state index < -0.39 is 0 Å². The van der Waals surface area contributed by atoms with Crippen LogP contribution in [0.5, 0.6) is 0 Å². The van der Waals surface area contributed by atoms with Crippen molar-refractivity contribution < 1.29 is 9.53 Å². The van der Waals surface area contributed by atoms with E-state index in [9.17, 15) is 4.79 Å². The van der Waals surface area contributed by atoms with Crippen LogP contribution in [0.15, 0.2) is 0 Å². The van der Waals surface area contributed by atoms with Crippen LogP contribution in [0.2, 0.25) is 0 Å². The van der Waals surface area contributed by atoms with Gasteiger partial charge in [0.25, 0.3) is 0 Å². The zero-order chi connectivity index (χ0) is 17.2. The van der Waals surface area contributed by atoms with Gasteiger partial charge < -0.3 is 15.4 Å². The van der Waals surface area contributed by atoms with E-state index in [1.807, 2.05) is 21.0 Å². The molecule has 1 saturated heterocycles. The molecule has 0 bridgehead atoms. The summed E-state index contributed by atoms with van der Waals surface area (Å²) in [5.41, 5.74) is 5.17. The number of nitrogens with two attached hydrogens (primary N) is 1. The molecule has 2 saturated carbocycles. The van der Waals surface area contributed by atoms with Gasteiger partial charge in [-0.25, -0.2) is 0 Å². The van der Waals surface area contributed by atoms with Gasteiger partial charge >= 0.3 is 0 Å². The highest BCUT2D eigenvalue weighted by molar-refractivity contribution is 5.78. The summed E-state index contributed by atoms with van der Waals surface area (Å²) in [5.74, 6) is 1.95. The first-order valence-electron chi connectivity index (χ1n) is 9.11. The zero-order valence-electron chi connectivity index (χ0n) is 15.0. The molecule has 3 fully saturated rings. The van der Waals surface area contributed by atoms with Gasteiger partial charge in [-0.3, -0.25) is 4.79 Å². The quantitative estimate of drug-likeness (QED) is 0.847. The Morgan fingerprint density at radius 2 is 1.83 bits per heavy atom. The summed E-state index contributed by atoms with van der Waals surface area (Å²) in [6.45, 7) is 4.70. The monoisotopic (exact) mass is 323 g/mol. The molecule has 0 aromatic heterocycles. The molecule has 2 unspecified atom stereocenters.